The second-order valence-corrected chi connectivity index (χ2v) is 4.38. The van der Waals surface area contributed by atoms with Crippen molar-refractivity contribution in [3.05, 3.63) is 57.7 Å². The van der Waals surface area contributed by atoms with Gasteiger partial charge in [0.2, 0.25) is 0 Å². The molecule has 0 fully saturated rings. The Morgan fingerprint density at radius 1 is 1.00 bits per heavy atom. The Morgan fingerprint density at radius 2 is 1.69 bits per heavy atom. The number of benzene rings is 2. The number of rotatable bonds is 3. The van der Waals surface area contributed by atoms with Crippen molar-refractivity contribution in [1.82, 2.24) is 0 Å². The van der Waals surface area contributed by atoms with Gasteiger partial charge in [0.05, 0.1) is 3.57 Å². The number of hydrogen-bond donors (Lipinski definition) is 0. The van der Waals surface area contributed by atoms with Crippen molar-refractivity contribution < 1.29 is 9.53 Å². The molecule has 0 spiro atoms. The van der Waals surface area contributed by atoms with E-state index >= 15 is 0 Å². The van der Waals surface area contributed by atoms with Gasteiger partial charge < -0.3 is 4.74 Å². The fourth-order valence-corrected chi connectivity index (χ4v) is 1.77. The second-order valence-electron chi connectivity index (χ2n) is 3.22. The van der Waals surface area contributed by atoms with Gasteiger partial charge in [0.1, 0.15) is 17.8 Å². The molecule has 80 valence electrons. The molecule has 0 saturated heterocycles. The van der Waals surface area contributed by atoms with Crippen LogP contribution in [0.1, 0.15) is 10.4 Å². The molecule has 0 saturated carbocycles. The fraction of sp³-hybridized carbons (Fsp3) is 0. The maximum atomic E-state index is 10.5. The highest BCUT2D eigenvalue weighted by Gasteiger charge is 2.01. The average Bonchev–Trinajstić information content (AvgIpc) is 2.33. The Balaban J connectivity index is 2.21. The van der Waals surface area contributed by atoms with E-state index in [4.69, 9.17) is 4.74 Å². The number of halogens is 1. The van der Waals surface area contributed by atoms with Crippen LogP contribution >= 0.6 is 22.6 Å². The summed E-state index contributed by atoms with van der Waals surface area (Å²) in [7, 11) is 0. The van der Waals surface area contributed by atoms with Gasteiger partial charge >= 0.3 is 0 Å². The zero-order valence-electron chi connectivity index (χ0n) is 8.39. The lowest BCUT2D eigenvalue weighted by molar-refractivity contribution is 0.112. The topological polar surface area (TPSA) is 26.3 Å². The first-order chi connectivity index (χ1) is 7.79. The molecule has 2 aromatic carbocycles. The van der Waals surface area contributed by atoms with Gasteiger partial charge in [0.25, 0.3) is 0 Å². The van der Waals surface area contributed by atoms with Crippen LogP contribution in [0.2, 0.25) is 0 Å². The van der Waals surface area contributed by atoms with Gasteiger partial charge in [-0.15, -0.1) is 0 Å². The third-order valence-electron chi connectivity index (χ3n) is 2.08. The Bertz CT molecular complexity index is 492. The van der Waals surface area contributed by atoms with E-state index in [2.05, 4.69) is 22.6 Å². The molecule has 2 nitrogen and oxygen atoms in total. The molecule has 2 aromatic rings. The van der Waals surface area contributed by atoms with E-state index in [1.165, 1.54) is 0 Å². The van der Waals surface area contributed by atoms with Crippen LogP contribution in [0.3, 0.4) is 0 Å². The summed E-state index contributed by atoms with van der Waals surface area (Å²) < 4.78 is 6.74. The number of aldehydes is 1. The molecular weight excluding hydrogens is 315 g/mol. The molecule has 0 atom stereocenters. The summed E-state index contributed by atoms with van der Waals surface area (Å²) in [5.74, 6) is 1.55. The van der Waals surface area contributed by atoms with Gasteiger partial charge in [-0.3, -0.25) is 4.79 Å². The SMILES string of the molecule is O=Cc1ccc(Oc2ccccc2I)cc1. The largest absolute Gasteiger partial charge is 0.456 e. The molecule has 0 aliphatic rings. The highest BCUT2D eigenvalue weighted by atomic mass is 127. The van der Waals surface area contributed by atoms with Gasteiger partial charge in [0.15, 0.2) is 0 Å². The van der Waals surface area contributed by atoms with E-state index in [1.807, 2.05) is 24.3 Å². The first-order valence-electron chi connectivity index (χ1n) is 4.77. The van der Waals surface area contributed by atoms with Gasteiger partial charge in [-0.2, -0.15) is 0 Å². The van der Waals surface area contributed by atoms with Crippen LogP contribution in [-0.4, -0.2) is 6.29 Å². The van der Waals surface area contributed by atoms with Crippen LogP contribution in [0.5, 0.6) is 11.5 Å². The normalized spacial score (nSPS) is 9.81. The fourth-order valence-electron chi connectivity index (χ4n) is 1.27. The maximum Gasteiger partial charge on any atom is 0.150 e. The van der Waals surface area contributed by atoms with Gasteiger partial charge in [-0.05, 0) is 59.0 Å². The Hall–Kier alpha value is -1.36. The second kappa shape index (κ2) is 5.12. The van der Waals surface area contributed by atoms with E-state index in [9.17, 15) is 4.79 Å². The van der Waals surface area contributed by atoms with E-state index in [0.717, 1.165) is 21.4 Å². The summed E-state index contributed by atoms with van der Waals surface area (Å²) in [6, 6.07) is 14.8. The van der Waals surface area contributed by atoms with Crippen LogP contribution in [0.15, 0.2) is 48.5 Å². The van der Waals surface area contributed by atoms with Crippen molar-refractivity contribution in [2.75, 3.05) is 0 Å². The van der Waals surface area contributed by atoms with Gasteiger partial charge in [-0.25, -0.2) is 0 Å². The molecule has 0 aromatic heterocycles. The lowest BCUT2D eigenvalue weighted by Crippen LogP contribution is -1.87. The zero-order chi connectivity index (χ0) is 11.4. The molecule has 0 aliphatic heterocycles. The summed E-state index contributed by atoms with van der Waals surface area (Å²) in [6.07, 6.45) is 0.816. The van der Waals surface area contributed by atoms with Crippen LogP contribution in [0, 0.1) is 3.57 Å². The summed E-state index contributed by atoms with van der Waals surface area (Å²) in [5, 5.41) is 0. The van der Waals surface area contributed by atoms with Crippen molar-refractivity contribution in [3.8, 4) is 11.5 Å². The molecule has 0 N–H and O–H groups in total. The summed E-state index contributed by atoms with van der Waals surface area (Å²) in [5.41, 5.74) is 0.648. The molecule has 0 amide bonds. The minimum absolute atomic E-state index is 0.648. The molecule has 0 heterocycles. The van der Waals surface area contributed by atoms with Crippen LogP contribution < -0.4 is 4.74 Å². The molecule has 0 radical (unpaired) electrons. The maximum absolute atomic E-state index is 10.5. The van der Waals surface area contributed by atoms with Crippen molar-refractivity contribution in [3.63, 3.8) is 0 Å². The van der Waals surface area contributed by atoms with Gasteiger partial charge in [-0.1, -0.05) is 12.1 Å². The molecular formula is C13H9IO2. The van der Waals surface area contributed by atoms with E-state index in [1.54, 1.807) is 24.3 Å². The van der Waals surface area contributed by atoms with Crippen LogP contribution in [0.4, 0.5) is 0 Å². The summed E-state index contributed by atoms with van der Waals surface area (Å²) >= 11 is 2.22. The molecule has 0 unspecified atom stereocenters. The summed E-state index contributed by atoms with van der Waals surface area (Å²) in [6.45, 7) is 0. The number of ether oxygens (including phenoxy) is 1. The van der Waals surface area contributed by atoms with Crippen molar-refractivity contribution >= 4 is 28.9 Å². The Labute approximate surface area is 107 Å². The Kier molecular flexibility index (Phi) is 3.56. The third-order valence-corrected chi connectivity index (χ3v) is 2.97. The minimum atomic E-state index is 0.648. The number of para-hydroxylation sites is 1. The first-order valence-corrected chi connectivity index (χ1v) is 5.85. The van der Waals surface area contributed by atoms with E-state index in [-0.39, 0.29) is 0 Å². The standard InChI is InChI=1S/C13H9IO2/c14-12-3-1-2-4-13(12)16-11-7-5-10(9-15)6-8-11/h1-9H. The third kappa shape index (κ3) is 2.61. The molecule has 16 heavy (non-hydrogen) atoms. The van der Waals surface area contributed by atoms with E-state index in [0.29, 0.717) is 5.56 Å². The van der Waals surface area contributed by atoms with Crippen molar-refractivity contribution in [2.45, 2.75) is 0 Å². The zero-order valence-corrected chi connectivity index (χ0v) is 10.5. The molecule has 0 aliphatic carbocycles. The molecule has 2 rings (SSSR count). The number of carbonyl (C=O) groups excluding carboxylic acids is 1. The predicted molar refractivity (Wildman–Crippen MR) is 71.1 cm³/mol. The predicted octanol–water partition coefficient (Wildman–Crippen LogP) is 3.90. The van der Waals surface area contributed by atoms with Gasteiger partial charge in [0, 0.05) is 5.56 Å². The lowest BCUT2D eigenvalue weighted by Gasteiger charge is -2.07. The highest BCUT2D eigenvalue weighted by Crippen LogP contribution is 2.26. The monoisotopic (exact) mass is 324 g/mol. The van der Waals surface area contributed by atoms with Crippen molar-refractivity contribution in [2.24, 2.45) is 0 Å². The quantitative estimate of drug-likeness (QED) is 0.632. The average molecular weight is 324 g/mol. The molecule has 3 heteroatoms. The van der Waals surface area contributed by atoms with Crippen LogP contribution in [0.25, 0.3) is 0 Å². The first kappa shape index (κ1) is 11.1. The molecule has 0 bridgehead atoms. The number of hydrogen-bond acceptors (Lipinski definition) is 2. The summed E-state index contributed by atoms with van der Waals surface area (Å²) in [4.78, 5) is 10.5. The Morgan fingerprint density at radius 3 is 2.31 bits per heavy atom. The lowest BCUT2D eigenvalue weighted by atomic mass is 10.2. The number of carbonyl (C=O) groups is 1. The van der Waals surface area contributed by atoms with Crippen LogP contribution in [-0.2, 0) is 0 Å². The van der Waals surface area contributed by atoms with E-state index < -0.39 is 0 Å². The highest BCUT2D eigenvalue weighted by molar-refractivity contribution is 14.1. The minimum Gasteiger partial charge on any atom is -0.456 e. The smallest absolute Gasteiger partial charge is 0.150 e. The van der Waals surface area contributed by atoms with Crippen molar-refractivity contribution in [1.29, 1.82) is 0 Å².